The third-order valence-electron chi connectivity index (χ3n) is 6.81. The fourth-order valence-corrected chi connectivity index (χ4v) is 4.84. The summed E-state index contributed by atoms with van der Waals surface area (Å²) in [7, 11) is 0. The first-order valence-electron chi connectivity index (χ1n) is 12.8. The number of fused-ring (bicyclic) bond motifs is 1. The standard InChI is InChI=1S/C32H27ClN2O5/c1-4-39-29-17-21(13-15-28(29)40-18-25-19(2)12-14-22-8-5-6-9-23(22)25)16-24-30(36)34-32(38)35(31(24)37)27-11-7-10-26(33)20(27)3/h5-17H,4,18H2,1-3H3,(H,34,36,38)/b24-16+. The first-order valence-corrected chi connectivity index (χ1v) is 13.2. The monoisotopic (exact) mass is 554 g/mol. The third-order valence-corrected chi connectivity index (χ3v) is 7.22. The number of imide groups is 2. The molecule has 1 aliphatic heterocycles. The number of benzene rings is 4. The Morgan fingerprint density at radius 3 is 2.50 bits per heavy atom. The Kier molecular flexibility index (Phi) is 7.58. The molecule has 0 spiro atoms. The highest BCUT2D eigenvalue weighted by molar-refractivity contribution is 6.40. The summed E-state index contributed by atoms with van der Waals surface area (Å²) in [5, 5.41) is 4.90. The molecule has 0 saturated carbocycles. The molecule has 5 rings (SSSR count). The van der Waals surface area contributed by atoms with Crippen LogP contribution >= 0.6 is 11.6 Å². The second-order valence-corrected chi connectivity index (χ2v) is 9.76. The molecule has 1 saturated heterocycles. The molecular weight excluding hydrogens is 528 g/mol. The molecule has 0 aromatic heterocycles. The first kappa shape index (κ1) is 27.0. The summed E-state index contributed by atoms with van der Waals surface area (Å²) in [6.45, 7) is 6.34. The summed E-state index contributed by atoms with van der Waals surface area (Å²) in [5.41, 5.74) is 3.39. The van der Waals surface area contributed by atoms with Gasteiger partial charge < -0.3 is 9.47 Å². The van der Waals surface area contributed by atoms with E-state index in [-0.39, 0.29) is 5.57 Å². The molecule has 0 unspecified atom stereocenters. The number of hydrogen-bond donors (Lipinski definition) is 1. The summed E-state index contributed by atoms with van der Waals surface area (Å²) in [6.07, 6.45) is 1.43. The number of hydrogen-bond acceptors (Lipinski definition) is 5. The Labute approximate surface area is 237 Å². The van der Waals surface area contributed by atoms with E-state index in [0.717, 1.165) is 26.8 Å². The number of rotatable bonds is 7. The number of aryl methyl sites for hydroxylation is 1. The van der Waals surface area contributed by atoms with Crippen LogP contribution in [0.1, 0.15) is 29.2 Å². The smallest absolute Gasteiger partial charge is 0.335 e. The van der Waals surface area contributed by atoms with Gasteiger partial charge in [-0.05, 0) is 78.6 Å². The van der Waals surface area contributed by atoms with Gasteiger partial charge in [-0.25, -0.2) is 9.69 Å². The molecule has 0 aliphatic carbocycles. The van der Waals surface area contributed by atoms with Crippen molar-refractivity contribution in [2.75, 3.05) is 11.5 Å². The van der Waals surface area contributed by atoms with Crippen LogP contribution in [-0.4, -0.2) is 24.5 Å². The predicted octanol–water partition coefficient (Wildman–Crippen LogP) is 6.75. The van der Waals surface area contributed by atoms with Gasteiger partial charge in [-0.2, -0.15) is 0 Å². The molecule has 8 heteroatoms. The molecule has 40 heavy (non-hydrogen) atoms. The molecule has 1 aliphatic rings. The molecule has 202 valence electrons. The van der Waals surface area contributed by atoms with E-state index in [1.165, 1.54) is 6.08 Å². The van der Waals surface area contributed by atoms with Gasteiger partial charge in [0.15, 0.2) is 11.5 Å². The van der Waals surface area contributed by atoms with E-state index in [1.807, 2.05) is 19.1 Å². The lowest BCUT2D eigenvalue weighted by molar-refractivity contribution is -0.122. The second-order valence-electron chi connectivity index (χ2n) is 9.35. The number of anilines is 1. The largest absolute Gasteiger partial charge is 0.490 e. The van der Waals surface area contributed by atoms with Gasteiger partial charge in [0.25, 0.3) is 11.8 Å². The SMILES string of the molecule is CCOc1cc(/C=C2\C(=O)NC(=O)N(c3cccc(Cl)c3C)C2=O)ccc1OCc1c(C)ccc2ccccc12. The minimum Gasteiger partial charge on any atom is -0.490 e. The van der Waals surface area contributed by atoms with Gasteiger partial charge in [0, 0.05) is 10.6 Å². The van der Waals surface area contributed by atoms with Crippen molar-refractivity contribution in [3.8, 4) is 11.5 Å². The van der Waals surface area contributed by atoms with Crippen LogP contribution in [0.4, 0.5) is 10.5 Å². The average molecular weight is 555 g/mol. The molecule has 0 atom stereocenters. The number of halogens is 1. The van der Waals surface area contributed by atoms with Gasteiger partial charge in [-0.1, -0.05) is 60.1 Å². The lowest BCUT2D eigenvalue weighted by atomic mass is 10.0. The molecule has 4 aromatic carbocycles. The highest BCUT2D eigenvalue weighted by Crippen LogP contribution is 2.33. The summed E-state index contributed by atoms with van der Waals surface area (Å²) in [4.78, 5) is 39.6. The number of carbonyl (C=O) groups is 3. The van der Waals surface area contributed by atoms with E-state index >= 15 is 0 Å². The average Bonchev–Trinajstić information content (AvgIpc) is 2.93. The van der Waals surface area contributed by atoms with Gasteiger partial charge >= 0.3 is 6.03 Å². The Morgan fingerprint density at radius 2 is 1.70 bits per heavy atom. The molecule has 0 radical (unpaired) electrons. The zero-order valence-corrected chi connectivity index (χ0v) is 23.0. The van der Waals surface area contributed by atoms with Gasteiger partial charge in [-0.15, -0.1) is 0 Å². The Balaban J connectivity index is 1.45. The molecule has 4 amide bonds. The summed E-state index contributed by atoms with van der Waals surface area (Å²) in [5.74, 6) is -0.529. The van der Waals surface area contributed by atoms with E-state index < -0.39 is 17.8 Å². The van der Waals surface area contributed by atoms with E-state index in [0.29, 0.717) is 46.5 Å². The van der Waals surface area contributed by atoms with Gasteiger partial charge in [0.05, 0.1) is 12.3 Å². The number of nitrogens with zero attached hydrogens (tertiary/aromatic N) is 1. The maximum Gasteiger partial charge on any atom is 0.335 e. The first-order chi connectivity index (χ1) is 19.3. The maximum atomic E-state index is 13.4. The van der Waals surface area contributed by atoms with Gasteiger partial charge in [0.1, 0.15) is 12.2 Å². The minimum atomic E-state index is -0.833. The van der Waals surface area contributed by atoms with Crippen LogP contribution in [0.2, 0.25) is 5.02 Å². The lowest BCUT2D eigenvalue weighted by Crippen LogP contribution is -2.54. The molecule has 0 bridgehead atoms. The highest BCUT2D eigenvalue weighted by atomic mass is 35.5. The van der Waals surface area contributed by atoms with Crippen LogP contribution in [0.3, 0.4) is 0 Å². The highest BCUT2D eigenvalue weighted by Gasteiger charge is 2.37. The summed E-state index contributed by atoms with van der Waals surface area (Å²) >= 11 is 6.21. The van der Waals surface area contributed by atoms with Crippen molar-refractivity contribution in [2.45, 2.75) is 27.4 Å². The fraction of sp³-hybridized carbons (Fsp3) is 0.156. The van der Waals surface area contributed by atoms with Gasteiger partial charge in [-0.3, -0.25) is 14.9 Å². The van der Waals surface area contributed by atoms with Crippen molar-refractivity contribution < 1.29 is 23.9 Å². The number of barbiturate groups is 1. The Morgan fingerprint density at radius 1 is 0.900 bits per heavy atom. The van der Waals surface area contributed by atoms with Crippen molar-refractivity contribution in [2.24, 2.45) is 0 Å². The summed E-state index contributed by atoms with van der Waals surface area (Å²) < 4.78 is 12.1. The van der Waals surface area contributed by atoms with Crippen LogP contribution < -0.4 is 19.7 Å². The van der Waals surface area contributed by atoms with E-state index in [9.17, 15) is 14.4 Å². The van der Waals surface area contributed by atoms with Crippen molar-refractivity contribution in [1.82, 2.24) is 5.32 Å². The van der Waals surface area contributed by atoms with E-state index in [1.54, 1.807) is 43.3 Å². The minimum absolute atomic E-state index is 0.193. The van der Waals surface area contributed by atoms with Crippen LogP contribution in [0.5, 0.6) is 11.5 Å². The Bertz CT molecular complexity index is 1690. The zero-order chi connectivity index (χ0) is 28.4. The van der Waals surface area contributed by atoms with Crippen LogP contribution in [0.25, 0.3) is 16.8 Å². The van der Waals surface area contributed by atoms with E-state index in [4.69, 9.17) is 21.1 Å². The van der Waals surface area contributed by atoms with Crippen molar-refractivity contribution in [3.05, 3.63) is 106 Å². The molecule has 1 heterocycles. The molecular formula is C32H27ClN2O5. The number of carbonyl (C=O) groups excluding carboxylic acids is 3. The van der Waals surface area contributed by atoms with Gasteiger partial charge in [0.2, 0.25) is 0 Å². The number of ether oxygens (including phenoxy) is 2. The van der Waals surface area contributed by atoms with Crippen LogP contribution in [0.15, 0.2) is 78.4 Å². The van der Waals surface area contributed by atoms with E-state index in [2.05, 4.69) is 36.5 Å². The van der Waals surface area contributed by atoms with Crippen molar-refractivity contribution >= 4 is 52.0 Å². The normalized spacial score (nSPS) is 14.6. The maximum absolute atomic E-state index is 13.4. The van der Waals surface area contributed by atoms with Crippen LogP contribution in [0, 0.1) is 13.8 Å². The van der Waals surface area contributed by atoms with Crippen LogP contribution in [-0.2, 0) is 16.2 Å². The molecule has 4 aromatic rings. The number of nitrogens with one attached hydrogen (secondary N) is 1. The summed E-state index contributed by atoms with van der Waals surface area (Å²) in [6, 6.07) is 21.6. The second kappa shape index (κ2) is 11.2. The quantitative estimate of drug-likeness (QED) is 0.202. The van der Waals surface area contributed by atoms with Crippen molar-refractivity contribution in [1.29, 1.82) is 0 Å². The van der Waals surface area contributed by atoms with Crippen molar-refractivity contribution in [3.63, 3.8) is 0 Å². The number of urea groups is 1. The zero-order valence-electron chi connectivity index (χ0n) is 22.3. The Hall–Kier alpha value is -4.62. The number of amides is 4. The molecule has 7 nitrogen and oxygen atoms in total. The third kappa shape index (κ3) is 5.16. The predicted molar refractivity (Wildman–Crippen MR) is 156 cm³/mol. The fourth-order valence-electron chi connectivity index (χ4n) is 4.67. The lowest BCUT2D eigenvalue weighted by Gasteiger charge is -2.27. The molecule has 1 fully saturated rings. The molecule has 1 N–H and O–H groups in total. The topological polar surface area (TPSA) is 84.9 Å².